The van der Waals surface area contributed by atoms with Crippen molar-refractivity contribution in [3.05, 3.63) is 71.4 Å². The van der Waals surface area contributed by atoms with E-state index in [1.807, 2.05) is 30.3 Å². The lowest BCUT2D eigenvalue weighted by Crippen LogP contribution is -2.45. The van der Waals surface area contributed by atoms with Crippen molar-refractivity contribution in [2.24, 2.45) is 0 Å². The molecule has 2 N–H and O–H groups in total. The minimum atomic E-state index is -0.336. The van der Waals surface area contributed by atoms with E-state index in [1.165, 1.54) is 18.1 Å². The van der Waals surface area contributed by atoms with Crippen molar-refractivity contribution in [2.45, 2.75) is 18.5 Å². The van der Waals surface area contributed by atoms with E-state index < -0.39 is 0 Å². The molecular weight excluding hydrogens is 288 g/mol. The second kappa shape index (κ2) is 5.56. The number of para-hydroxylation sites is 1. The minimum Gasteiger partial charge on any atom is -0.468 e. The molecule has 1 aliphatic heterocycles. The van der Waals surface area contributed by atoms with Crippen LogP contribution in [0.2, 0.25) is 0 Å². The van der Waals surface area contributed by atoms with Gasteiger partial charge in [-0.05, 0) is 17.2 Å². The molecule has 0 saturated heterocycles. The van der Waals surface area contributed by atoms with Crippen molar-refractivity contribution in [1.29, 1.82) is 0 Å². The van der Waals surface area contributed by atoms with Crippen LogP contribution in [0.1, 0.15) is 22.9 Å². The highest BCUT2D eigenvalue weighted by molar-refractivity contribution is 5.87. The number of hydrogen-bond donors (Lipinski definition) is 2. The SMILES string of the molecule is COC(=O)[C@@H]1Cc2c([nH]c3ccccc23)[C@@H](c2ccccc2)N1. The Bertz CT molecular complexity index is 854. The summed E-state index contributed by atoms with van der Waals surface area (Å²) in [5.74, 6) is -0.220. The van der Waals surface area contributed by atoms with Gasteiger partial charge in [-0.3, -0.25) is 10.1 Å². The fourth-order valence-electron chi connectivity index (χ4n) is 3.44. The van der Waals surface area contributed by atoms with Crippen LogP contribution in [0.4, 0.5) is 0 Å². The maximum atomic E-state index is 12.1. The lowest BCUT2D eigenvalue weighted by Gasteiger charge is -2.30. The Morgan fingerprint density at radius 3 is 2.61 bits per heavy atom. The molecule has 2 atom stereocenters. The Morgan fingerprint density at radius 2 is 1.83 bits per heavy atom. The van der Waals surface area contributed by atoms with E-state index in [-0.39, 0.29) is 18.1 Å². The molecule has 116 valence electrons. The van der Waals surface area contributed by atoms with E-state index in [2.05, 4.69) is 34.6 Å². The highest BCUT2D eigenvalue weighted by atomic mass is 16.5. The molecule has 0 radical (unpaired) electrons. The molecule has 0 bridgehead atoms. The summed E-state index contributed by atoms with van der Waals surface area (Å²) >= 11 is 0. The van der Waals surface area contributed by atoms with Crippen LogP contribution < -0.4 is 5.32 Å². The molecule has 0 saturated carbocycles. The van der Waals surface area contributed by atoms with Gasteiger partial charge in [0.2, 0.25) is 0 Å². The number of esters is 1. The van der Waals surface area contributed by atoms with Gasteiger partial charge in [0.05, 0.1) is 13.2 Å². The standard InChI is InChI=1S/C19H18N2O2/c1-23-19(22)16-11-14-13-9-5-6-10-15(13)20-18(14)17(21-16)12-7-3-2-4-8-12/h2-10,16-17,20-21H,11H2,1H3/t16-,17+/m0/s1. The largest absolute Gasteiger partial charge is 0.468 e. The van der Waals surface area contributed by atoms with Crippen LogP contribution in [0, 0.1) is 0 Å². The normalized spacial score (nSPS) is 20.2. The molecule has 2 aromatic carbocycles. The first kappa shape index (κ1) is 14.0. The van der Waals surface area contributed by atoms with Gasteiger partial charge in [0.1, 0.15) is 6.04 Å². The molecule has 0 fully saturated rings. The predicted molar refractivity (Wildman–Crippen MR) is 89.2 cm³/mol. The van der Waals surface area contributed by atoms with Crippen LogP contribution >= 0.6 is 0 Å². The third-order valence-corrected chi connectivity index (χ3v) is 4.53. The average Bonchev–Trinajstić information content (AvgIpc) is 2.99. The first-order chi connectivity index (χ1) is 11.3. The molecule has 2 heterocycles. The number of fused-ring (bicyclic) bond motifs is 3. The van der Waals surface area contributed by atoms with E-state index in [0.29, 0.717) is 6.42 Å². The third kappa shape index (κ3) is 2.32. The van der Waals surface area contributed by atoms with Crippen LogP contribution in [0.3, 0.4) is 0 Å². The van der Waals surface area contributed by atoms with Gasteiger partial charge in [-0.15, -0.1) is 0 Å². The maximum absolute atomic E-state index is 12.1. The van der Waals surface area contributed by atoms with Gasteiger partial charge >= 0.3 is 5.97 Å². The Kier molecular flexibility index (Phi) is 3.39. The first-order valence-electron chi connectivity index (χ1n) is 7.76. The van der Waals surface area contributed by atoms with Crippen molar-refractivity contribution in [2.75, 3.05) is 7.11 Å². The Balaban J connectivity index is 1.88. The fourth-order valence-corrected chi connectivity index (χ4v) is 3.44. The number of benzene rings is 2. The van der Waals surface area contributed by atoms with Gasteiger partial charge in [0, 0.05) is 23.0 Å². The van der Waals surface area contributed by atoms with Crippen molar-refractivity contribution in [3.63, 3.8) is 0 Å². The van der Waals surface area contributed by atoms with Crippen LogP contribution in [-0.4, -0.2) is 24.1 Å². The van der Waals surface area contributed by atoms with Crippen LogP contribution in [-0.2, 0) is 16.0 Å². The van der Waals surface area contributed by atoms with E-state index in [0.717, 1.165) is 16.8 Å². The number of methoxy groups -OCH3 is 1. The molecule has 0 spiro atoms. The van der Waals surface area contributed by atoms with E-state index in [4.69, 9.17) is 4.74 Å². The summed E-state index contributed by atoms with van der Waals surface area (Å²) in [5, 5.41) is 4.61. The molecule has 3 aromatic rings. The Labute approximate surface area is 134 Å². The molecule has 23 heavy (non-hydrogen) atoms. The molecule has 4 nitrogen and oxygen atoms in total. The zero-order valence-electron chi connectivity index (χ0n) is 12.9. The number of nitrogens with one attached hydrogen (secondary N) is 2. The lowest BCUT2D eigenvalue weighted by molar-refractivity contribution is -0.143. The van der Waals surface area contributed by atoms with Gasteiger partial charge < -0.3 is 9.72 Å². The van der Waals surface area contributed by atoms with Gasteiger partial charge in [0.25, 0.3) is 0 Å². The van der Waals surface area contributed by atoms with E-state index in [1.54, 1.807) is 0 Å². The second-order valence-corrected chi connectivity index (χ2v) is 5.85. The molecular formula is C19H18N2O2. The zero-order valence-corrected chi connectivity index (χ0v) is 12.9. The van der Waals surface area contributed by atoms with Gasteiger partial charge in [-0.1, -0.05) is 48.5 Å². The molecule has 0 unspecified atom stereocenters. The molecule has 0 amide bonds. The highest BCUT2D eigenvalue weighted by Gasteiger charge is 2.34. The molecule has 1 aliphatic rings. The minimum absolute atomic E-state index is 0.0450. The number of aromatic amines is 1. The van der Waals surface area contributed by atoms with E-state index in [9.17, 15) is 4.79 Å². The summed E-state index contributed by atoms with van der Waals surface area (Å²) < 4.78 is 4.97. The predicted octanol–water partition coefficient (Wildman–Crippen LogP) is 2.94. The Morgan fingerprint density at radius 1 is 1.09 bits per heavy atom. The number of ether oxygens (including phenoxy) is 1. The monoisotopic (exact) mass is 306 g/mol. The lowest BCUT2D eigenvalue weighted by atomic mass is 9.90. The first-order valence-corrected chi connectivity index (χ1v) is 7.76. The van der Waals surface area contributed by atoms with Crippen molar-refractivity contribution in [3.8, 4) is 0 Å². The van der Waals surface area contributed by atoms with Crippen molar-refractivity contribution < 1.29 is 9.53 Å². The van der Waals surface area contributed by atoms with Crippen LogP contribution in [0.25, 0.3) is 10.9 Å². The number of carbonyl (C=O) groups is 1. The second-order valence-electron chi connectivity index (χ2n) is 5.85. The van der Waals surface area contributed by atoms with E-state index >= 15 is 0 Å². The molecule has 0 aliphatic carbocycles. The summed E-state index contributed by atoms with van der Waals surface area (Å²) in [6, 6.07) is 18.0. The molecule has 4 rings (SSSR count). The third-order valence-electron chi connectivity index (χ3n) is 4.53. The maximum Gasteiger partial charge on any atom is 0.323 e. The molecule has 1 aromatic heterocycles. The summed E-state index contributed by atoms with van der Waals surface area (Å²) in [6.45, 7) is 0. The van der Waals surface area contributed by atoms with Gasteiger partial charge in [0.15, 0.2) is 0 Å². The van der Waals surface area contributed by atoms with Crippen molar-refractivity contribution in [1.82, 2.24) is 10.3 Å². The quantitative estimate of drug-likeness (QED) is 0.716. The number of rotatable bonds is 2. The fraction of sp³-hybridized carbons (Fsp3) is 0.211. The number of H-pyrrole nitrogens is 1. The Hall–Kier alpha value is -2.59. The van der Waals surface area contributed by atoms with Crippen LogP contribution in [0.5, 0.6) is 0 Å². The topological polar surface area (TPSA) is 54.1 Å². The smallest absolute Gasteiger partial charge is 0.323 e. The summed E-state index contributed by atoms with van der Waals surface area (Å²) in [7, 11) is 1.44. The molecule has 4 heteroatoms. The summed E-state index contributed by atoms with van der Waals surface area (Å²) in [4.78, 5) is 15.6. The summed E-state index contributed by atoms with van der Waals surface area (Å²) in [6.07, 6.45) is 0.634. The number of hydrogen-bond acceptors (Lipinski definition) is 3. The van der Waals surface area contributed by atoms with Gasteiger partial charge in [-0.2, -0.15) is 0 Å². The average molecular weight is 306 g/mol. The van der Waals surface area contributed by atoms with Crippen LogP contribution in [0.15, 0.2) is 54.6 Å². The number of aromatic nitrogens is 1. The van der Waals surface area contributed by atoms with Gasteiger partial charge in [-0.25, -0.2) is 0 Å². The highest BCUT2D eigenvalue weighted by Crippen LogP contribution is 2.35. The number of carbonyl (C=O) groups excluding carboxylic acids is 1. The zero-order chi connectivity index (χ0) is 15.8. The van der Waals surface area contributed by atoms with Crippen molar-refractivity contribution >= 4 is 16.9 Å². The summed E-state index contributed by atoms with van der Waals surface area (Å²) in [5.41, 5.74) is 4.57.